The normalized spacial score (nSPS) is 23.7. The van der Waals surface area contributed by atoms with Gasteiger partial charge in [-0.3, -0.25) is 10.2 Å². The van der Waals surface area contributed by atoms with E-state index in [9.17, 15) is 4.79 Å². The van der Waals surface area contributed by atoms with Gasteiger partial charge in [0, 0.05) is 0 Å². The van der Waals surface area contributed by atoms with Crippen LogP contribution in [0.15, 0.2) is 35.6 Å². The van der Waals surface area contributed by atoms with Gasteiger partial charge in [-0.15, -0.1) is 5.53 Å². The Labute approximate surface area is 77.3 Å². The second-order valence-electron chi connectivity index (χ2n) is 2.51. The summed E-state index contributed by atoms with van der Waals surface area (Å²) < 4.78 is 0. The van der Waals surface area contributed by atoms with Gasteiger partial charge < -0.3 is 5.43 Å². The van der Waals surface area contributed by atoms with E-state index in [2.05, 4.69) is 16.4 Å². The molecule has 0 bridgehead atoms. The van der Waals surface area contributed by atoms with Crippen LogP contribution in [0.4, 0.5) is 0 Å². The van der Waals surface area contributed by atoms with Crippen molar-refractivity contribution in [2.75, 3.05) is 0 Å². The molecule has 0 atom stereocenters. The monoisotopic (exact) mass is 179 g/mol. The summed E-state index contributed by atoms with van der Waals surface area (Å²) in [6.45, 7) is 3.74. The molecule has 4 nitrogen and oxygen atoms in total. The Morgan fingerprint density at radius 3 is 2.62 bits per heavy atom. The van der Waals surface area contributed by atoms with Crippen molar-refractivity contribution >= 4 is 5.91 Å². The van der Waals surface area contributed by atoms with Crippen LogP contribution in [0.3, 0.4) is 0 Å². The molecule has 0 unspecified atom stereocenters. The smallest absolute Gasteiger partial charge is 0.268 e. The fourth-order valence-electron chi connectivity index (χ4n) is 1.02. The van der Waals surface area contributed by atoms with Gasteiger partial charge in [-0.25, -0.2) is 0 Å². The molecule has 1 saturated heterocycles. The third kappa shape index (κ3) is 2.19. The average Bonchev–Trinajstić information content (AvgIpc) is 2.15. The molecule has 0 aromatic rings. The van der Waals surface area contributed by atoms with E-state index in [-0.39, 0.29) is 5.91 Å². The molecule has 0 aromatic carbocycles. The molecular weight excluding hydrogens is 166 g/mol. The summed E-state index contributed by atoms with van der Waals surface area (Å²) in [4.78, 5) is 11.3. The number of carbonyl (C=O) groups is 1. The summed E-state index contributed by atoms with van der Waals surface area (Å²) in [5.74, 6) is -0.128. The molecule has 3 N–H and O–H groups in total. The number of carbonyl (C=O) groups excluding carboxylic acids is 1. The fraction of sp³-hybridized carbons (Fsp3) is 0.222. The van der Waals surface area contributed by atoms with Crippen LogP contribution in [0.5, 0.6) is 0 Å². The van der Waals surface area contributed by atoms with Gasteiger partial charge in [-0.2, -0.15) is 0 Å². The van der Waals surface area contributed by atoms with E-state index in [4.69, 9.17) is 0 Å². The van der Waals surface area contributed by atoms with Gasteiger partial charge in [0.15, 0.2) is 0 Å². The summed E-state index contributed by atoms with van der Waals surface area (Å²) >= 11 is 0. The van der Waals surface area contributed by atoms with Crippen LogP contribution in [0.25, 0.3) is 0 Å². The van der Waals surface area contributed by atoms with Crippen LogP contribution in [0, 0.1) is 0 Å². The maximum Gasteiger partial charge on any atom is 0.268 e. The van der Waals surface area contributed by atoms with Crippen molar-refractivity contribution in [3.05, 3.63) is 35.6 Å². The molecule has 0 aliphatic carbocycles. The SMILES string of the molecule is C\C=C/C=C1/NNNC(=O)/C1=C/C. The predicted molar refractivity (Wildman–Crippen MR) is 51.1 cm³/mol. The first kappa shape index (κ1) is 9.54. The van der Waals surface area contributed by atoms with Gasteiger partial charge in [0.1, 0.15) is 0 Å². The Morgan fingerprint density at radius 2 is 2.00 bits per heavy atom. The Bertz CT molecular complexity index is 289. The quantitative estimate of drug-likeness (QED) is 0.515. The molecule has 1 fully saturated rings. The summed E-state index contributed by atoms with van der Waals surface area (Å²) in [5.41, 5.74) is 9.27. The van der Waals surface area contributed by atoms with Crippen molar-refractivity contribution in [3.8, 4) is 0 Å². The van der Waals surface area contributed by atoms with Gasteiger partial charge in [0.05, 0.1) is 11.3 Å². The molecular formula is C9H13N3O. The number of hydrogen-bond acceptors (Lipinski definition) is 3. The van der Waals surface area contributed by atoms with E-state index in [1.165, 1.54) is 0 Å². The Morgan fingerprint density at radius 1 is 1.23 bits per heavy atom. The van der Waals surface area contributed by atoms with Crippen LogP contribution in [0.1, 0.15) is 13.8 Å². The first-order chi connectivity index (χ1) is 6.29. The highest BCUT2D eigenvalue weighted by Crippen LogP contribution is 2.08. The zero-order valence-electron chi connectivity index (χ0n) is 7.72. The third-order valence-corrected chi connectivity index (χ3v) is 1.65. The molecule has 0 saturated carbocycles. The van der Waals surface area contributed by atoms with E-state index in [0.29, 0.717) is 5.57 Å². The molecule has 1 aliphatic rings. The second kappa shape index (κ2) is 4.47. The van der Waals surface area contributed by atoms with Gasteiger partial charge >= 0.3 is 0 Å². The molecule has 1 heterocycles. The molecule has 13 heavy (non-hydrogen) atoms. The predicted octanol–water partition coefficient (Wildman–Crippen LogP) is 0.532. The standard InChI is InChI=1S/C9H13N3O/c1-3-5-6-8-7(4-2)9(13)11-12-10-8/h3-6,10,12H,1-2H3,(H,11,13)/b5-3-,7-4+,8-6+. The van der Waals surface area contributed by atoms with E-state index < -0.39 is 0 Å². The molecule has 0 aromatic heterocycles. The van der Waals surface area contributed by atoms with Crippen molar-refractivity contribution in [1.29, 1.82) is 0 Å². The lowest BCUT2D eigenvalue weighted by Gasteiger charge is -2.20. The van der Waals surface area contributed by atoms with Crippen LogP contribution < -0.4 is 16.4 Å². The van der Waals surface area contributed by atoms with Gasteiger partial charge in [-0.1, -0.05) is 18.2 Å². The van der Waals surface area contributed by atoms with Crippen LogP contribution in [-0.2, 0) is 4.79 Å². The maximum absolute atomic E-state index is 11.3. The molecule has 1 aliphatic heterocycles. The van der Waals surface area contributed by atoms with Crippen molar-refractivity contribution in [2.45, 2.75) is 13.8 Å². The highest BCUT2D eigenvalue weighted by atomic mass is 16.2. The Hall–Kier alpha value is -1.55. The number of amides is 1. The average molecular weight is 179 g/mol. The zero-order chi connectivity index (χ0) is 9.68. The first-order valence-corrected chi connectivity index (χ1v) is 4.10. The molecule has 1 rings (SSSR count). The molecule has 0 radical (unpaired) electrons. The lowest BCUT2D eigenvalue weighted by molar-refractivity contribution is -0.119. The van der Waals surface area contributed by atoms with Crippen LogP contribution >= 0.6 is 0 Å². The van der Waals surface area contributed by atoms with E-state index >= 15 is 0 Å². The minimum Gasteiger partial charge on any atom is -0.303 e. The lowest BCUT2D eigenvalue weighted by atomic mass is 10.1. The largest absolute Gasteiger partial charge is 0.303 e. The molecule has 1 amide bonds. The van der Waals surface area contributed by atoms with E-state index in [1.807, 2.05) is 32.1 Å². The molecule has 70 valence electrons. The van der Waals surface area contributed by atoms with Gasteiger partial charge in [-0.05, 0) is 19.9 Å². The number of nitrogens with one attached hydrogen (secondary N) is 3. The number of allylic oxidation sites excluding steroid dienone is 4. The van der Waals surface area contributed by atoms with Crippen molar-refractivity contribution < 1.29 is 4.79 Å². The zero-order valence-corrected chi connectivity index (χ0v) is 7.72. The highest BCUT2D eigenvalue weighted by molar-refractivity contribution is 5.98. The highest BCUT2D eigenvalue weighted by Gasteiger charge is 2.16. The first-order valence-electron chi connectivity index (χ1n) is 4.10. The third-order valence-electron chi connectivity index (χ3n) is 1.65. The molecule has 4 heteroatoms. The van der Waals surface area contributed by atoms with E-state index in [0.717, 1.165) is 5.70 Å². The minimum absolute atomic E-state index is 0.128. The summed E-state index contributed by atoms with van der Waals surface area (Å²) in [5, 5.41) is 0. The summed E-state index contributed by atoms with van der Waals surface area (Å²) in [6, 6.07) is 0. The summed E-state index contributed by atoms with van der Waals surface area (Å²) in [6.07, 6.45) is 7.36. The Kier molecular flexibility index (Phi) is 3.28. The second-order valence-corrected chi connectivity index (χ2v) is 2.51. The number of rotatable bonds is 1. The lowest BCUT2D eigenvalue weighted by Crippen LogP contribution is -2.52. The topological polar surface area (TPSA) is 53.2 Å². The van der Waals surface area contributed by atoms with E-state index in [1.54, 1.807) is 6.08 Å². The van der Waals surface area contributed by atoms with Crippen molar-refractivity contribution in [3.63, 3.8) is 0 Å². The fourth-order valence-corrected chi connectivity index (χ4v) is 1.02. The van der Waals surface area contributed by atoms with Crippen LogP contribution in [-0.4, -0.2) is 5.91 Å². The number of hydrogen-bond donors (Lipinski definition) is 3. The van der Waals surface area contributed by atoms with Crippen molar-refractivity contribution in [1.82, 2.24) is 16.4 Å². The van der Waals surface area contributed by atoms with Gasteiger partial charge in [0.2, 0.25) is 0 Å². The van der Waals surface area contributed by atoms with Gasteiger partial charge in [0.25, 0.3) is 5.91 Å². The maximum atomic E-state index is 11.3. The summed E-state index contributed by atoms with van der Waals surface area (Å²) in [7, 11) is 0. The van der Waals surface area contributed by atoms with Crippen LogP contribution in [0.2, 0.25) is 0 Å². The number of hydrazine groups is 2. The molecule has 0 spiro atoms. The minimum atomic E-state index is -0.128. The Balaban J connectivity index is 2.89. The van der Waals surface area contributed by atoms with Crippen molar-refractivity contribution in [2.24, 2.45) is 0 Å².